The molecule has 0 heterocycles. The standard InChI is InChI=1S/C9H17NO/c1-8(2)7-9(3)11-6-5-10-4/h8-9H,5-7H2,1-3H3/t9-/m1/s1. The maximum absolute atomic E-state index is 6.53. The van der Waals surface area contributed by atoms with Crippen LogP contribution < -0.4 is 0 Å². The van der Waals surface area contributed by atoms with Crippen LogP contribution in [0.3, 0.4) is 0 Å². The summed E-state index contributed by atoms with van der Waals surface area (Å²) in [5.41, 5.74) is 0. The first kappa shape index (κ1) is 10.4. The highest BCUT2D eigenvalue weighted by Crippen LogP contribution is 2.06. The summed E-state index contributed by atoms with van der Waals surface area (Å²) < 4.78 is 5.38. The van der Waals surface area contributed by atoms with Gasteiger partial charge in [0.1, 0.15) is 6.61 Å². The molecule has 0 aromatic carbocycles. The Morgan fingerprint density at radius 1 is 1.36 bits per heavy atom. The van der Waals surface area contributed by atoms with E-state index < -0.39 is 0 Å². The summed E-state index contributed by atoms with van der Waals surface area (Å²) in [6.45, 7) is 14.0. The fraction of sp³-hybridized carbons (Fsp3) is 0.889. The SMILES string of the molecule is [C-]#[N+]CCO[C@H](C)CC(C)C. The zero-order valence-corrected chi connectivity index (χ0v) is 7.63. The molecular formula is C9H17NO. The lowest BCUT2D eigenvalue weighted by Crippen LogP contribution is -2.12. The van der Waals surface area contributed by atoms with Gasteiger partial charge in [0, 0.05) is 0 Å². The normalized spacial score (nSPS) is 13.0. The van der Waals surface area contributed by atoms with Gasteiger partial charge in [0.25, 0.3) is 0 Å². The lowest BCUT2D eigenvalue weighted by molar-refractivity contribution is 0.0603. The minimum atomic E-state index is 0.303. The molecule has 0 rings (SSSR count). The van der Waals surface area contributed by atoms with Crippen LogP contribution in [0.5, 0.6) is 0 Å². The van der Waals surface area contributed by atoms with Crippen molar-refractivity contribution in [2.24, 2.45) is 5.92 Å². The van der Waals surface area contributed by atoms with Gasteiger partial charge in [-0.25, -0.2) is 6.57 Å². The van der Waals surface area contributed by atoms with Crippen LogP contribution in [0.2, 0.25) is 0 Å². The number of ether oxygens (including phenoxy) is 1. The molecular weight excluding hydrogens is 138 g/mol. The summed E-state index contributed by atoms with van der Waals surface area (Å²) in [6.07, 6.45) is 1.38. The van der Waals surface area contributed by atoms with E-state index in [4.69, 9.17) is 11.3 Å². The second-order valence-corrected chi connectivity index (χ2v) is 3.19. The van der Waals surface area contributed by atoms with Crippen molar-refractivity contribution in [3.8, 4) is 0 Å². The highest BCUT2D eigenvalue weighted by atomic mass is 16.5. The molecule has 2 heteroatoms. The van der Waals surface area contributed by atoms with E-state index in [-0.39, 0.29) is 0 Å². The lowest BCUT2D eigenvalue weighted by atomic mass is 10.1. The summed E-state index contributed by atoms with van der Waals surface area (Å²) in [5, 5.41) is 0. The third-order valence-electron chi connectivity index (χ3n) is 1.41. The Hall–Kier alpha value is -0.550. The quantitative estimate of drug-likeness (QED) is 0.439. The Balaban J connectivity index is 3.24. The first-order chi connectivity index (χ1) is 5.16. The van der Waals surface area contributed by atoms with E-state index >= 15 is 0 Å². The Morgan fingerprint density at radius 3 is 2.45 bits per heavy atom. The van der Waals surface area contributed by atoms with E-state index in [2.05, 4.69) is 25.6 Å². The van der Waals surface area contributed by atoms with Gasteiger partial charge in [-0.05, 0) is 19.3 Å². The smallest absolute Gasteiger partial charge is 0.237 e. The van der Waals surface area contributed by atoms with Crippen molar-refractivity contribution in [1.29, 1.82) is 0 Å². The van der Waals surface area contributed by atoms with Crippen LogP contribution in [-0.2, 0) is 4.74 Å². The molecule has 0 saturated carbocycles. The molecule has 0 unspecified atom stereocenters. The molecule has 0 aliphatic carbocycles. The van der Waals surface area contributed by atoms with Gasteiger partial charge < -0.3 is 9.58 Å². The predicted octanol–water partition coefficient (Wildman–Crippen LogP) is 2.36. The largest absolute Gasteiger partial charge is 0.371 e. The van der Waals surface area contributed by atoms with Crippen LogP contribution >= 0.6 is 0 Å². The van der Waals surface area contributed by atoms with Crippen LogP contribution in [-0.4, -0.2) is 19.3 Å². The number of hydrogen-bond donors (Lipinski definition) is 0. The van der Waals surface area contributed by atoms with Gasteiger partial charge >= 0.3 is 0 Å². The number of rotatable bonds is 5. The number of hydrogen-bond acceptors (Lipinski definition) is 1. The zero-order valence-electron chi connectivity index (χ0n) is 7.63. The van der Waals surface area contributed by atoms with Crippen LogP contribution in [0, 0.1) is 12.5 Å². The van der Waals surface area contributed by atoms with Crippen LogP contribution in [0.15, 0.2) is 0 Å². The Morgan fingerprint density at radius 2 is 2.00 bits per heavy atom. The Labute approximate surface area is 69.4 Å². The van der Waals surface area contributed by atoms with E-state index in [0.717, 1.165) is 6.42 Å². The van der Waals surface area contributed by atoms with Crippen molar-refractivity contribution in [2.45, 2.75) is 33.3 Å². The van der Waals surface area contributed by atoms with Gasteiger partial charge in [-0.3, -0.25) is 0 Å². The molecule has 0 radical (unpaired) electrons. The third-order valence-corrected chi connectivity index (χ3v) is 1.41. The van der Waals surface area contributed by atoms with E-state index in [1.54, 1.807) is 0 Å². The van der Waals surface area contributed by atoms with Crippen molar-refractivity contribution < 1.29 is 4.74 Å². The molecule has 1 atom stereocenters. The maximum atomic E-state index is 6.53. The molecule has 0 spiro atoms. The minimum Gasteiger partial charge on any atom is -0.371 e. The highest BCUT2D eigenvalue weighted by molar-refractivity contribution is 4.59. The maximum Gasteiger partial charge on any atom is 0.237 e. The van der Waals surface area contributed by atoms with Crippen molar-refractivity contribution in [1.82, 2.24) is 0 Å². The molecule has 0 amide bonds. The summed E-state index contributed by atoms with van der Waals surface area (Å²) in [5.74, 6) is 0.679. The first-order valence-corrected chi connectivity index (χ1v) is 4.11. The average Bonchev–Trinajstić information content (AvgIpc) is 1.86. The topological polar surface area (TPSA) is 13.6 Å². The van der Waals surface area contributed by atoms with Gasteiger partial charge in [0.15, 0.2) is 0 Å². The summed E-state index contributed by atoms with van der Waals surface area (Å²) in [6, 6.07) is 0. The van der Waals surface area contributed by atoms with Crippen LogP contribution in [0.1, 0.15) is 27.2 Å². The Bertz CT molecular complexity index is 126. The second-order valence-electron chi connectivity index (χ2n) is 3.19. The first-order valence-electron chi connectivity index (χ1n) is 4.11. The second kappa shape index (κ2) is 6.18. The zero-order chi connectivity index (χ0) is 8.69. The highest BCUT2D eigenvalue weighted by Gasteiger charge is 2.04. The molecule has 0 fully saturated rings. The van der Waals surface area contributed by atoms with E-state index in [0.29, 0.717) is 25.2 Å². The van der Waals surface area contributed by atoms with Gasteiger partial charge in [-0.1, -0.05) is 13.8 Å². The van der Waals surface area contributed by atoms with E-state index in [1.165, 1.54) is 0 Å². The molecule has 11 heavy (non-hydrogen) atoms. The average molecular weight is 155 g/mol. The summed E-state index contributed by atoms with van der Waals surface area (Å²) >= 11 is 0. The molecule has 0 bridgehead atoms. The monoisotopic (exact) mass is 155 g/mol. The van der Waals surface area contributed by atoms with Gasteiger partial charge in [-0.2, -0.15) is 0 Å². The Kier molecular flexibility index (Phi) is 5.87. The fourth-order valence-electron chi connectivity index (χ4n) is 1.03. The molecule has 64 valence electrons. The molecule has 0 aliphatic heterocycles. The van der Waals surface area contributed by atoms with E-state index in [1.807, 2.05) is 0 Å². The van der Waals surface area contributed by atoms with Crippen molar-refractivity contribution in [3.05, 3.63) is 11.4 Å². The molecule has 2 nitrogen and oxygen atoms in total. The van der Waals surface area contributed by atoms with Gasteiger partial charge in [0.05, 0.1) is 6.10 Å². The van der Waals surface area contributed by atoms with Gasteiger partial charge in [-0.15, -0.1) is 0 Å². The molecule has 0 aromatic rings. The third kappa shape index (κ3) is 7.35. The molecule has 0 saturated heterocycles. The van der Waals surface area contributed by atoms with Crippen molar-refractivity contribution in [2.75, 3.05) is 13.2 Å². The van der Waals surface area contributed by atoms with Gasteiger partial charge in [0.2, 0.25) is 6.54 Å². The van der Waals surface area contributed by atoms with E-state index in [9.17, 15) is 0 Å². The molecule has 0 N–H and O–H groups in total. The van der Waals surface area contributed by atoms with Crippen LogP contribution in [0.25, 0.3) is 4.85 Å². The summed E-state index contributed by atoms with van der Waals surface area (Å²) in [7, 11) is 0. The minimum absolute atomic E-state index is 0.303. The lowest BCUT2D eigenvalue weighted by Gasteiger charge is -2.12. The van der Waals surface area contributed by atoms with Crippen molar-refractivity contribution >= 4 is 0 Å². The van der Waals surface area contributed by atoms with Crippen LogP contribution in [0.4, 0.5) is 0 Å². The molecule has 0 aliphatic rings. The summed E-state index contributed by atoms with van der Waals surface area (Å²) in [4.78, 5) is 3.21. The molecule has 0 aromatic heterocycles. The fourth-order valence-corrected chi connectivity index (χ4v) is 1.03. The van der Waals surface area contributed by atoms with Crippen molar-refractivity contribution in [3.63, 3.8) is 0 Å². The predicted molar refractivity (Wildman–Crippen MR) is 46.3 cm³/mol. The number of nitrogens with zero attached hydrogens (tertiary/aromatic N) is 1.